The molecule has 1 aromatic rings. The fourth-order valence-electron chi connectivity index (χ4n) is 1.61. The third-order valence-electron chi connectivity index (χ3n) is 2.66. The van der Waals surface area contributed by atoms with Crippen LogP contribution in [0.2, 0.25) is 0 Å². The van der Waals surface area contributed by atoms with Crippen LogP contribution in [0.4, 0.5) is 4.79 Å². The van der Waals surface area contributed by atoms with Gasteiger partial charge in [-0.05, 0) is 18.9 Å². The highest BCUT2D eigenvalue weighted by Gasteiger charge is 2.12. The number of nitrogens with zero attached hydrogens (tertiary/aromatic N) is 1. The highest BCUT2D eigenvalue weighted by Crippen LogP contribution is 2.16. The number of rotatable bonds is 7. The third kappa shape index (κ3) is 6.29. The van der Waals surface area contributed by atoms with Crippen molar-refractivity contribution in [3.63, 3.8) is 0 Å². The molecule has 1 aromatic carbocycles. The van der Waals surface area contributed by atoms with Crippen LogP contribution < -0.4 is 0 Å². The van der Waals surface area contributed by atoms with Gasteiger partial charge in [-0.3, -0.25) is 9.59 Å². The average Bonchev–Trinajstić information content (AvgIpc) is 2.42. The summed E-state index contributed by atoms with van der Waals surface area (Å²) in [6.07, 6.45) is 0.605. The van der Waals surface area contributed by atoms with Crippen LogP contribution in [0.25, 0.3) is 0 Å². The second kappa shape index (κ2) is 8.58. The molecule has 0 aliphatic rings. The van der Waals surface area contributed by atoms with E-state index in [1.54, 1.807) is 4.90 Å². The van der Waals surface area contributed by atoms with E-state index >= 15 is 0 Å². The van der Waals surface area contributed by atoms with Gasteiger partial charge >= 0.3 is 5.97 Å². The van der Waals surface area contributed by atoms with E-state index in [9.17, 15) is 9.59 Å². The number of amides is 1. The molecule has 0 bridgehead atoms. The molecule has 0 saturated heterocycles. The van der Waals surface area contributed by atoms with E-state index in [1.165, 1.54) is 11.8 Å². The van der Waals surface area contributed by atoms with Gasteiger partial charge in [-0.2, -0.15) is 0 Å². The minimum Gasteiger partial charge on any atom is -0.481 e. The Kier molecular flexibility index (Phi) is 7.03. The van der Waals surface area contributed by atoms with E-state index in [2.05, 4.69) is 0 Å². The van der Waals surface area contributed by atoms with Crippen LogP contribution >= 0.6 is 11.8 Å². The van der Waals surface area contributed by atoms with Gasteiger partial charge < -0.3 is 10.0 Å². The maximum atomic E-state index is 12.0. The molecule has 0 radical (unpaired) electrons. The van der Waals surface area contributed by atoms with E-state index in [0.717, 1.165) is 5.56 Å². The van der Waals surface area contributed by atoms with E-state index in [4.69, 9.17) is 5.11 Å². The maximum absolute atomic E-state index is 12.0. The number of carbonyl (C=O) groups excluding carboxylic acids is 1. The summed E-state index contributed by atoms with van der Waals surface area (Å²) in [5.74, 6) is -0.171. The number of thioether (sulfide) groups is 1. The Morgan fingerprint density at radius 3 is 2.53 bits per heavy atom. The molecule has 104 valence electrons. The predicted molar refractivity (Wildman–Crippen MR) is 77.2 cm³/mol. The molecular weight excluding hydrogens is 262 g/mol. The van der Waals surface area contributed by atoms with Crippen LogP contribution in [-0.2, 0) is 10.5 Å². The first-order chi connectivity index (χ1) is 9.13. The molecule has 4 nitrogen and oxygen atoms in total. The topological polar surface area (TPSA) is 57.6 Å². The Balaban J connectivity index is 2.35. The summed E-state index contributed by atoms with van der Waals surface area (Å²) < 4.78 is 0. The number of benzene rings is 1. The van der Waals surface area contributed by atoms with Crippen molar-refractivity contribution in [2.75, 3.05) is 13.1 Å². The standard InChI is InChI=1S/C14H19NO3S/c1-2-15(10-6-9-13(16)17)14(18)19-11-12-7-4-3-5-8-12/h3-5,7-8H,2,6,9-11H2,1H3,(H,16,17). The molecule has 0 saturated carbocycles. The lowest BCUT2D eigenvalue weighted by Crippen LogP contribution is -2.28. The molecule has 0 heterocycles. The molecular formula is C14H19NO3S. The van der Waals surface area contributed by atoms with Crippen LogP contribution in [0.5, 0.6) is 0 Å². The van der Waals surface area contributed by atoms with Crippen molar-refractivity contribution < 1.29 is 14.7 Å². The fraction of sp³-hybridized carbons (Fsp3) is 0.429. The summed E-state index contributed by atoms with van der Waals surface area (Å²) >= 11 is 1.26. The van der Waals surface area contributed by atoms with Gasteiger partial charge in [0.25, 0.3) is 5.24 Å². The molecule has 5 heteroatoms. The van der Waals surface area contributed by atoms with Gasteiger partial charge in [-0.1, -0.05) is 42.1 Å². The van der Waals surface area contributed by atoms with Gasteiger partial charge in [0.05, 0.1) is 0 Å². The second-order valence-electron chi connectivity index (χ2n) is 4.12. The predicted octanol–water partition coefficient (Wildman–Crippen LogP) is 3.23. The molecule has 0 aliphatic heterocycles. The average molecular weight is 281 g/mol. The molecule has 0 aliphatic carbocycles. The molecule has 0 spiro atoms. The SMILES string of the molecule is CCN(CCCC(=O)O)C(=O)SCc1ccccc1. The largest absolute Gasteiger partial charge is 0.481 e. The highest BCUT2D eigenvalue weighted by molar-refractivity contribution is 8.12. The van der Waals surface area contributed by atoms with Crippen molar-refractivity contribution in [1.82, 2.24) is 4.90 Å². The van der Waals surface area contributed by atoms with E-state index in [0.29, 0.717) is 25.3 Å². The van der Waals surface area contributed by atoms with E-state index < -0.39 is 5.97 Å². The zero-order chi connectivity index (χ0) is 14.1. The molecule has 1 N–H and O–H groups in total. The summed E-state index contributed by atoms with van der Waals surface area (Å²) in [6, 6.07) is 9.82. The van der Waals surface area contributed by atoms with Crippen molar-refractivity contribution in [3.8, 4) is 0 Å². The van der Waals surface area contributed by atoms with Gasteiger partial charge in [-0.15, -0.1) is 0 Å². The molecule has 0 unspecified atom stereocenters. The van der Waals surface area contributed by atoms with Crippen LogP contribution in [-0.4, -0.2) is 34.3 Å². The lowest BCUT2D eigenvalue weighted by molar-refractivity contribution is -0.137. The normalized spacial score (nSPS) is 10.2. The Bertz CT molecular complexity index is 408. The van der Waals surface area contributed by atoms with Gasteiger partial charge in [0.2, 0.25) is 0 Å². The first kappa shape index (κ1) is 15.6. The monoisotopic (exact) mass is 281 g/mol. The summed E-state index contributed by atoms with van der Waals surface area (Å²) in [6.45, 7) is 3.02. The first-order valence-corrected chi connectivity index (χ1v) is 7.29. The summed E-state index contributed by atoms with van der Waals surface area (Å²) in [7, 11) is 0. The molecule has 1 amide bonds. The Labute approximate surface area is 117 Å². The van der Waals surface area contributed by atoms with Crippen molar-refractivity contribution in [1.29, 1.82) is 0 Å². The molecule has 0 fully saturated rings. The summed E-state index contributed by atoms with van der Waals surface area (Å²) in [5, 5.41) is 8.59. The third-order valence-corrected chi connectivity index (χ3v) is 3.65. The van der Waals surface area contributed by atoms with Crippen molar-refractivity contribution in [2.24, 2.45) is 0 Å². The van der Waals surface area contributed by atoms with Crippen LogP contribution in [0, 0.1) is 0 Å². The van der Waals surface area contributed by atoms with Crippen LogP contribution in [0.1, 0.15) is 25.3 Å². The fourth-order valence-corrected chi connectivity index (χ4v) is 2.50. The highest BCUT2D eigenvalue weighted by atomic mass is 32.2. The van der Waals surface area contributed by atoms with Gasteiger partial charge in [0.1, 0.15) is 0 Å². The lowest BCUT2D eigenvalue weighted by atomic mass is 10.2. The first-order valence-electron chi connectivity index (χ1n) is 6.31. The minimum absolute atomic E-state index is 0.0109. The van der Waals surface area contributed by atoms with E-state index in [-0.39, 0.29) is 11.7 Å². The maximum Gasteiger partial charge on any atom is 0.303 e. The number of carboxylic acid groups (broad SMARTS) is 1. The second-order valence-corrected chi connectivity index (χ2v) is 5.04. The van der Waals surface area contributed by atoms with Crippen molar-refractivity contribution in [3.05, 3.63) is 35.9 Å². The van der Waals surface area contributed by atoms with Crippen LogP contribution in [0.15, 0.2) is 30.3 Å². The zero-order valence-electron chi connectivity index (χ0n) is 11.0. The zero-order valence-corrected chi connectivity index (χ0v) is 11.9. The number of hydrogen-bond donors (Lipinski definition) is 1. The minimum atomic E-state index is -0.819. The Morgan fingerprint density at radius 1 is 1.26 bits per heavy atom. The Morgan fingerprint density at radius 2 is 1.95 bits per heavy atom. The number of carboxylic acids is 1. The van der Waals surface area contributed by atoms with Gasteiger partial charge in [-0.25, -0.2) is 0 Å². The van der Waals surface area contributed by atoms with Crippen molar-refractivity contribution >= 4 is 23.0 Å². The molecule has 0 atom stereocenters. The quantitative estimate of drug-likeness (QED) is 0.833. The molecule has 19 heavy (non-hydrogen) atoms. The van der Waals surface area contributed by atoms with Gasteiger partial charge in [0, 0.05) is 25.3 Å². The van der Waals surface area contributed by atoms with Gasteiger partial charge in [0.15, 0.2) is 0 Å². The molecule has 1 rings (SSSR count). The van der Waals surface area contributed by atoms with E-state index in [1.807, 2.05) is 37.3 Å². The Hall–Kier alpha value is -1.49. The number of carbonyl (C=O) groups is 2. The molecule has 0 aromatic heterocycles. The summed E-state index contributed by atoms with van der Waals surface area (Å²) in [5.41, 5.74) is 1.11. The number of aliphatic carboxylic acids is 1. The van der Waals surface area contributed by atoms with Crippen LogP contribution in [0.3, 0.4) is 0 Å². The number of hydrogen-bond acceptors (Lipinski definition) is 3. The summed E-state index contributed by atoms with van der Waals surface area (Å²) in [4.78, 5) is 24.1. The smallest absolute Gasteiger partial charge is 0.303 e. The van der Waals surface area contributed by atoms with Crippen molar-refractivity contribution in [2.45, 2.75) is 25.5 Å². The lowest BCUT2D eigenvalue weighted by Gasteiger charge is -2.19.